The van der Waals surface area contributed by atoms with Crippen molar-refractivity contribution >= 4 is 15.9 Å². The first-order valence-electron chi connectivity index (χ1n) is 8.34. The topological polar surface area (TPSA) is 105 Å². The molecule has 2 heterocycles. The maximum absolute atomic E-state index is 12.1. The Labute approximate surface area is 141 Å². The standard InChI is InChI=1S/C15H22N4O4S/c1-9-16-14(23-18-9)15-6-12(17-13(20)10-3-4-10)5-11(15)7-19(8-15)24(2,21)22/h10-12H,3-8H2,1-2H3,(H,17,20)/t11?,12-,15+/m1/s1. The van der Waals surface area contributed by atoms with E-state index in [4.69, 9.17) is 4.52 Å². The largest absolute Gasteiger partial charge is 0.353 e. The van der Waals surface area contributed by atoms with Crippen LogP contribution in [0.25, 0.3) is 0 Å². The van der Waals surface area contributed by atoms with E-state index in [0.29, 0.717) is 31.2 Å². The van der Waals surface area contributed by atoms with E-state index in [2.05, 4.69) is 15.5 Å². The predicted octanol–water partition coefficient (Wildman–Crippen LogP) is 0.196. The average molecular weight is 354 g/mol. The lowest BCUT2D eigenvalue weighted by molar-refractivity contribution is -0.123. The highest BCUT2D eigenvalue weighted by Crippen LogP contribution is 2.50. The summed E-state index contributed by atoms with van der Waals surface area (Å²) in [5.41, 5.74) is -0.494. The van der Waals surface area contributed by atoms with Crippen LogP contribution in [-0.4, -0.2) is 54.2 Å². The number of aryl methyl sites for hydroxylation is 1. The number of amides is 1. The van der Waals surface area contributed by atoms with Gasteiger partial charge >= 0.3 is 0 Å². The number of hydrogen-bond acceptors (Lipinski definition) is 6. The Hall–Kier alpha value is -1.48. The van der Waals surface area contributed by atoms with Gasteiger partial charge in [-0.3, -0.25) is 4.79 Å². The number of carbonyl (C=O) groups excluding carboxylic acids is 1. The molecule has 2 saturated carbocycles. The van der Waals surface area contributed by atoms with Gasteiger partial charge in [0.25, 0.3) is 0 Å². The lowest BCUT2D eigenvalue weighted by Crippen LogP contribution is -2.39. The fraction of sp³-hybridized carbons (Fsp3) is 0.800. The van der Waals surface area contributed by atoms with Crippen LogP contribution in [0.3, 0.4) is 0 Å². The van der Waals surface area contributed by atoms with Crippen molar-refractivity contribution < 1.29 is 17.7 Å². The molecular formula is C15H22N4O4S. The van der Waals surface area contributed by atoms with Crippen LogP contribution in [0, 0.1) is 18.8 Å². The molecule has 0 bridgehead atoms. The molecule has 1 aromatic rings. The first-order valence-corrected chi connectivity index (χ1v) is 10.2. The number of carbonyl (C=O) groups is 1. The Balaban J connectivity index is 1.60. The van der Waals surface area contributed by atoms with Crippen molar-refractivity contribution in [3.05, 3.63) is 11.7 Å². The summed E-state index contributed by atoms with van der Waals surface area (Å²) in [6, 6.07) is 0.0389. The molecule has 1 amide bonds. The Morgan fingerprint density at radius 1 is 1.42 bits per heavy atom. The molecule has 1 unspecified atom stereocenters. The van der Waals surface area contributed by atoms with Crippen molar-refractivity contribution in [2.45, 2.75) is 44.1 Å². The molecule has 1 N–H and O–H groups in total. The minimum absolute atomic E-state index is 0.0389. The van der Waals surface area contributed by atoms with Crippen molar-refractivity contribution in [3.63, 3.8) is 0 Å². The van der Waals surface area contributed by atoms with Crippen LogP contribution in [0.4, 0.5) is 0 Å². The van der Waals surface area contributed by atoms with Gasteiger partial charge in [0.2, 0.25) is 21.8 Å². The Bertz CT molecular complexity index is 772. The van der Waals surface area contributed by atoms with Crippen LogP contribution < -0.4 is 5.32 Å². The normalized spacial score (nSPS) is 33.6. The molecule has 4 rings (SSSR count). The molecule has 1 aromatic heterocycles. The molecule has 1 aliphatic heterocycles. The summed E-state index contributed by atoms with van der Waals surface area (Å²) in [5.74, 6) is 1.41. The minimum Gasteiger partial charge on any atom is -0.353 e. The van der Waals surface area contributed by atoms with Gasteiger partial charge in [0.1, 0.15) is 0 Å². The molecule has 8 nitrogen and oxygen atoms in total. The summed E-state index contributed by atoms with van der Waals surface area (Å²) in [6.07, 6.45) is 4.55. The predicted molar refractivity (Wildman–Crippen MR) is 84.5 cm³/mol. The lowest BCUT2D eigenvalue weighted by atomic mass is 9.80. The monoisotopic (exact) mass is 354 g/mol. The van der Waals surface area contributed by atoms with Crippen LogP contribution in [0.2, 0.25) is 0 Å². The highest BCUT2D eigenvalue weighted by atomic mass is 32.2. The minimum atomic E-state index is -3.27. The SMILES string of the molecule is Cc1noc([C@]23C[C@H](NC(=O)C4CC4)CC2CN(S(C)(=O)=O)C3)n1. The van der Waals surface area contributed by atoms with Crippen molar-refractivity contribution in [1.82, 2.24) is 19.8 Å². The number of hydrogen-bond donors (Lipinski definition) is 1. The fourth-order valence-corrected chi connectivity index (χ4v) is 5.10. The zero-order chi connectivity index (χ0) is 17.1. The van der Waals surface area contributed by atoms with Gasteiger partial charge < -0.3 is 9.84 Å². The number of nitrogens with one attached hydrogen (secondary N) is 1. The zero-order valence-electron chi connectivity index (χ0n) is 13.9. The number of nitrogens with zero attached hydrogens (tertiary/aromatic N) is 3. The Kier molecular flexibility index (Phi) is 3.51. The maximum Gasteiger partial charge on any atom is 0.234 e. The smallest absolute Gasteiger partial charge is 0.234 e. The summed E-state index contributed by atoms with van der Waals surface area (Å²) < 4.78 is 30.9. The fourth-order valence-electron chi connectivity index (χ4n) is 4.18. The highest BCUT2D eigenvalue weighted by molar-refractivity contribution is 7.88. The van der Waals surface area contributed by atoms with E-state index in [9.17, 15) is 13.2 Å². The van der Waals surface area contributed by atoms with E-state index in [0.717, 1.165) is 19.3 Å². The third kappa shape index (κ3) is 2.63. The van der Waals surface area contributed by atoms with Crippen LogP contribution >= 0.6 is 0 Å². The average Bonchev–Trinajstić information content (AvgIpc) is 3.00. The maximum atomic E-state index is 12.1. The van der Waals surface area contributed by atoms with E-state index in [1.807, 2.05) is 0 Å². The molecule has 24 heavy (non-hydrogen) atoms. The third-order valence-electron chi connectivity index (χ3n) is 5.56. The first-order chi connectivity index (χ1) is 11.3. The van der Waals surface area contributed by atoms with Gasteiger partial charge in [-0.05, 0) is 38.5 Å². The molecule has 0 radical (unpaired) electrons. The van der Waals surface area contributed by atoms with Gasteiger partial charge in [-0.15, -0.1) is 0 Å². The molecule has 3 atom stereocenters. The second-order valence-electron chi connectivity index (χ2n) is 7.47. The molecule has 3 fully saturated rings. The Morgan fingerprint density at radius 3 is 2.75 bits per heavy atom. The third-order valence-corrected chi connectivity index (χ3v) is 6.78. The highest BCUT2D eigenvalue weighted by Gasteiger charge is 2.59. The molecule has 0 spiro atoms. The Morgan fingerprint density at radius 2 is 2.17 bits per heavy atom. The van der Waals surface area contributed by atoms with Crippen LogP contribution in [-0.2, 0) is 20.2 Å². The zero-order valence-corrected chi connectivity index (χ0v) is 14.7. The summed E-state index contributed by atoms with van der Waals surface area (Å²) in [6.45, 7) is 2.53. The first kappa shape index (κ1) is 16.0. The molecule has 3 aliphatic rings. The molecule has 132 valence electrons. The number of aromatic nitrogens is 2. The van der Waals surface area contributed by atoms with E-state index >= 15 is 0 Å². The second kappa shape index (κ2) is 5.26. The van der Waals surface area contributed by atoms with Crippen LogP contribution in [0.1, 0.15) is 37.4 Å². The van der Waals surface area contributed by atoms with Gasteiger partial charge in [-0.2, -0.15) is 4.98 Å². The van der Waals surface area contributed by atoms with E-state index in [1.165, 1.54) is 10.6 Å². The molecular weight excluding hydrogens is 332 g/mol. The molecule has 1 saturated heterocycles. The molecule has 0 aromatic carbocycles. The number of sulfonamides is 1. The van der Waals surface area contributed by atoms with Crippen molar-refractivity contribution in [2.24, 2.45) is 11.8 Å². The summed E-state index contributed by atoms with van der Waals surface area (Å²) in [7, 11) is -3.27. The van der Waals surface area contributed by atoms with Crippen LogP contribution in [0.5, 0.6) is 0 Å². The lowest BCUT2D eigenvalue weighted by Gasteiger charge is -2.24. The summed E-state index contributed by atoms with van der Waals surface area (Å²) in [5, 5.41) is 7.01. The molecule has 2 aliphatic carbocycles. The second-order valence-corrected chi connectivity index (χ2v) is 9.46. The van der Waals surface area contributed by atoms with E-state index in [-0.39, 0.29) is 23.8 Å². The summed E-state index contributed by atoms with van der Waals surface area (Å²) >= 11 is 0. The molecule has 9 heteroatoms. The number of fused-ring (bicyclic) bond motifs is 1. The number of rotatable bonds is 4. The van der Waals surface area contributed by atoms with Gasteiger partial charge in [-0.1, -0.05) is 5.16 Å². The van der Waals surface area contributed by atoms with Gasteiger partial charge in [0.05, 0.1) is 11.7 Å². The van der Waals surface area contributed by atoms with Crippen LogP contribution in [0.15, 0.2) is 4.52 Å². The van der Waals surface area contributed by atoms with Gasteiger partial charge in [0, 0.05) is 25.0 Å². The van der Waals surface area contributed by atoms with Crippen molar-refractivity contribution in [2.75, 3.05) is 19.3 Å². The van der Waals surface area contributed by atoms with E-state index < -0.39 is 15.4 Å². The van der Waals surface area contributed by atoms with Gasteiger partial charge in [0.15, 0.2) is 5.82 Å². The quantitative estimate of drug-likeness (QED) is 0.828. The van der Waals surface area contributed by atoms with E-state index in [1.54, 1.807) is 6.92 Å². The van der Waals surface area contributed by atoms with Gasteiger partial charge in [-0.25, -0.2) is 12.7 Å². The summed E-state index contributed by atoms with van der Waals surface area (Å²) in [4.78, 5) is 16.5. The van der Waals surface area contributed by atoms with Crippen molar-refractivity contribution in [3.8, 4) is 0 Å². The van der Waals surface area contributed by atoms with Crippen molar-refractivity contribution in [1.29, 1.82) is 0 Å².